The van der Waals surface area contributed by atoms with Crippen molar-refractivity contribution in [1.82, 2.24) is 9.62 Å². The topological polar surface area (TPSA) is 90.8 Å². The number of anilines is 2. The summed E-state index contributed by atoms with van der Waals surface area (Å²) in [5.41, 5.74) is 7.48. The number of allylic oxidation sites excluding steroid dienone is 1. The van der Waals surface area contributed by atoms with E-state index in [1.165, 1.54) is 22.5 Å². The first kappa shape index (κ1) is 39.3. The van der Waals surface area contributed by atoms with Crippen molar-refractivity contribution in [2.75, 3.05) is 48.7 Å². The predicted molar refractivity (Wildman–Crippen MR) is 230 cm³/mol. The van der Waals surface area contributed by atoms with Gasteiger partial charge in [-0.3, -0.25) is 24.5 Å². The lowest BCUT2D eigenvalue weighted by Gasteiger charge is -2.40. The van der Waals surface area contributed by atoms with Crippen LogP contribution in [0.15, 0.2) is 106 Å². The van der Waals surface area contributed by atoms with Crippen LogP contribution in [-0.4, -0.2) is 59.7 Å². The van der Waals surface area contributed by atoms with Crippen LogP contribution >= 0.6 is 35.3 Å². The monoisotopic (exact) mass is 795 g/mol. The van der Waals surface area contributed by atoms with Gasteiger partial charge in [-0.05, 0) is 127 Å². The Labute approximate surface area is 338 Å². The van der Waals surface area contributed by atoms with Crippen molar-refractivity contribution in [1.29, 1.82) is 0 Å². The molecular formula is C44H50ClN5O3S2. The van der Waals surface area contributed by atoms with Gasteiger partial charge in [0.2, 0.25) is 0 Å². The van der Waals surface area contributed by atoms with Crippen LogP contribution in [0.25, 0.3) is 5.57 Å². The number of nitrogens with one attached hydrogen (secondary N) is 2. The second kappa shape index (κ2) is 16.6. The summed E-state index contributed by atoms with van der Waals surface area (Å²) in [6.07, 6.45) is 4.24. The lowest BCUT2D eigenvalue weighted by atomic mass is 9.73. The Kier molecular flexibility index (Phi) is 11.9. The average molecular weight is 797 g/mol. The molecule has 8 nitrogen and oxygen atoms in total. The number of nitrogens with zero attached hydrogens (tertiary/aromatic N) is 3. The number of nitro groups is 1. The smallest absolute Gasteiger partial charge is 0.293 e. The van der Waals surface area contributed by atoms with E-state index in [0.29, 0.717) is 21.6 Å². The van der Waals surface area contributed by atoms with E-state index in [-0.39, 0.29) is 28.0 Å². The van der Waals surface area contributed by atoms with Crippen LogP contribution in [-0.2, 0) is 0 Å². The molecule has 55 heavy (non-hydrogen) atoms. The summed E-state index contributed by atoms with van der Waals surface area (Å²) >= 11 is 9.08. The molecule has 0 bridgehead atoms. The van der Waals surface area contributed by atoms with Gasteiger partial charge < -0.3 is 10.2 Å². The summed E-state index contributed by atoms with van der Waals surface area (Å²) in [6, 6.07) is 29.8. The van der Waals surface area contributed by atoms with Gasteiger partial charge in [0, 0.05) is 76.1 Å². The van der Waals surface area contributed by atoms with Gasteiger partial charge >= 0.3 is 0 Å². The Morgan fingerprint density at radius 3 is 2.36 bits per heavy atom. The second-order valence-corrected chi connectivity index (χ2v) is 18.7. The van der Waals surface area contributed by atoms with Gasteiger partial charge in [0.15, 0.2) is 0 Å². The molecule has 2 aliphatic heterocycles. The molecule has 2 unspecified atom stereocenters. The van der Waals surface area contributed by atoms with Crippen LogP contribution in [0, 0.1) is 15.5 Å². The third-order valence-corrected chi connectivity index (χ3v) is 13.6. The van der Waals surface area contributed by atoms with Crippen LogP contribution in [0.1, 0.15) is 80.8 Å². The first-order valence-corrected chi connectivity index (χ1v) is 21.3. The summed E-state index contributed by atoms with van der Waals surface area (Å²) in [5.74, 6) is 0.646. The average Bonchev–Trinajstić information content (AvgIpc) is 3.17. The molecule has 3 aliphatic rings. The number of hydrogen-bond donors (Lipinski definition) is 2. The normalized spacial score (nSPS) is 21.1. The maximum Gasteiger partial charge on any atom is 0.293 e. The van der Waals surface area contributed by atoms with Crippen molar-refractivity contribution in [2.45, 2.75) is 74.6 Å². The molecule has 2 atom stereocenters. The standard InChI is InChI=1S/C44H50ClN5O3S2/c1-30-26-44(4,29-54-36-8-6-5-7-9-36)46-41-39(30)24-37(25-40(41)50(52)53)55-47-42(51)32-12-16-35(17-13-32)49-22-20-48(21-23-49)28-33-27-43(2,3)19-18-38(33)31-10-14-34(45)15-11-31/h5-17,24-25,30,46H,18-23,26-29H2,1-4H3,(H,47,51). The molecule has 4 aromatic rings. The Morgan fingerprint density at radius 1 is 0.964 bits per heavy atom. The summed E-state index contributed by atoms with van der Waals surface area (Å²) < 4.78 is 2.93. The Balaban J connectivity index is 0.947. The molecule has 1 aliphatic carbocycles. The molecule has 0 radical (unpaired) electrons. The molecule has 0 spiro atoms. The molecule has 0 saturated carbocycles. The third kappa shape index (κ3) is 9.54. The van der Waals surface area contributed by atoms with E-state index >= 15 is 0 Å². The molecule has 2 N–H and O–H groups in total. The summed E-state index contributed by atoms with van der Waals surface area (Å²) in [5, 5.41) is 16.6. The summed E-state index contributed by atoms with van der Waals surface area (Å²) in [4.78, 5) is 32.0. The molecule has 11 heteroatoms. The Morgan fingerprint density at radius 2 is 1.67 bits per heavy atom. The van der Waals surface area contributed by atoms with Crippen LogP contribution in [0.4, 0.5) is 17.1 Å². The van der Waals surface area contributed by atoms with Crippen LogP contribution in [0.3, 0.4) is 0 Å². The summed E-state index contributed by atoms with van der Waals surface area (Å²) in [7, 11) is 0. The number of fused-ring (bicyclic) bond motifs is 1. The maximum absolute atomic E-state index is 13.3. The van der Waals surface area contributed by atoms with Gasteiger partial charge in [-0.1, -0.05) is 68.3 Å². The molecule has 288 valence electrons. The number of benzene rings is 4. The van der Waals surface area contributed by atoms with E-state index < -0.39 is 0 Å². The maximum atomic E-state index is 13.3. The van der Waals surface area contributed by atoms with Crippen molar-refractivity contribution in [2.24, 2.45) is 5.41 Å². The fourth-order valence-corrected chi connectivity index (χ4v) is 10.2. The molecule has 2 heterocycles. The highest BCUT2D eigenvalue weighted by molar-refractivity contribution is 7.99. The SMILES string of the molecule is CC1CC(C)(CSc2ccccc2)Nc2c1cc(SNC(=O)c1ccc(N3CCN(CC4=C(c5ccc(Cl)cc5)CCC(C)(C)C4)CC3)cc1)cc2[N+](=O)[O-]. The fraction of sp³-hybridized carbons (Fsp3) is 0.386. The van der Waals surface area contributed by atoms with E-state index in [9.17, 15) is 14.9 Å². The lowest BCUT2D eigenvalue weighted by molar-refractivity contribution is -0.384. The zero-order chi connectivity index (χ0) is 38.7. The molecule has 0 aromatic heterocycles. The van der Waals surface area contributed by atoms with Gasteiger partial charge in [-0.2, -0.15) is 0 Å². The van der Waals surface area contributed by atoms with E-state index in [1.54, 1.807) is 23.4 Å². The zero-order valence-electron chi connectivity index (χ0n) is 32.1. The number of halogens is 1. The number of hydrogen-bond acceptors (Lipinski definition) is 8. The first-order valence-electron chi connectivity index (χ1n) is 19.1. The summed E-state index contributed by atoms with van der Waals surface area (Å²) in [6.45, 7) is 13.8. The van der Waals surface area contributed by atoms with Crippen LogP contribution < -0.4 is 14.9 Å². The molecule has 1 amide bonds. The zero-order valence-corrected chi connectivity index (χ0v) is 34.5. The first-order chi connectivity index (χ1) is 26.3. The molecular weight excluding hydrogens is 746 g/mol. The van der Waals surface area contributed by atoms with Crippen molar-refractivity contribution < 1.29 is 9.72 Å². The molecule has 7 rings (SSSR count). The third-order valence-electron chi connectivity index (χ3n) is 11.2. The number of thioether (sulfide) groups is 1. The Hall–Kier alpha value is -3.96. The van der Waals surface area contributed by atoms with Crippen LogP contribution in [0.5, 0.6) is 0 Å². The number of carbonyl (C=O) groups excluding carboxylic acids is 1. The highest BCUT2D eigenvalue weighted by Gasteiger charge is 2.38. The minimum atomic E-state index is -0.328. The number of nitro benzene ring substituents is 1. The second-order valence-electron chi connectivity index (χ2n) is 16.3. The van der Waals surface area contributed by atoms with Gasteiger partial charge in [-0.25, -0.2) is 0 Å². The fourth-order valence-electron chi connectivity index (χ4n) is 8.33. The minimum Gasteiger partial charge on any atom is -0.373 e. The molecule has 4 aromatic carbocycles. The van der Waals surface area contributed by atoms with Gasteiger partial charge in [0.25, 0.3) is 11.6 Å². The van der Waals surface area contributed by atoms with E-state index in [4.69, 9.17) is 11.6 Å². The Bertz CT molecular complexity index is 2050. The van der Waals surface area contributed by atoms with E-state index in [1.807, 2.05) is 60.7 Å². The van der Waals surface area contributed by atoms with Crippen molar-refractivity contribution in [3.05, 3.63) is 128 Å². The minimum absolute atomic E-state index is 0.0301. The number of carbonyl (C=O) groups is 1. The van der Waals surface area contributed by atoms with E-state index in [0.717, 1.165) is 86.0 Å². The predicted octanol–water partition coefficient (Wildman–Crippen LogP) is 10.9. The highest BCUT2D eigenvalue weighted by atomic mass is 35.5. The lowest BCUT2D eigenvalue weighted by Crippen LogP contribution is -2.47. The van der Waals surface area contributed by atoms with Crippen molar-refractivity contribution in [3.63, 3.8) is 0 Å². The number of piperazine rings is 1. The number of amides is 1. The molecule has 1 fully saturated rings. The largest absolute Gasteiger partial charge is 0.373 e. The molecule has 1 saturated heterocycles. The van der Waals surface area contributed by atoms with Crippen molar-refractivity contribution >= 4 is 63.9 Å². The quantitative estimate of drug-likeness (QED) is 0.0671. The van der Waals surface area contributed by atoms with E-state index in [2.05, 4.69) is 71.8 Å². The van der Waals surface area contributed by atoms with Gasteiger partial charge in [0.05, 0.1) is 4.92 Å². The van der Waals surface area contributed by atoms with Crippen molar-refractivity contribution in [3.8, 4) is 0 Å². The number of rotatable bonds is 11. The van der Waals surface area contributed by atoms with Gasteiger partial charge in [0.1, 0.15) is 5.69 Å². The highest BCUT2D eigenvalue weighted by Crippen LogP contribution is 2.47. The van der Waals surface area contributed by atoms with Gasteiger partial charge in [-0.15, -0.1) is 11.8 Å². The van der Waals surface area contributed by atoms with Crippen LogP contribution in [0.2, 0.25) is 5.02 Å².